The molecule has 174 valence electrons. The molecule has 0 radical (unpaired) electrons. The standard InChI is InChI=1S/C25H22N4OS3.ClH/c1-14(2)29-12-11-15-20(13-29)33-24(21(15)23-26-16-7-3-5-9-18(16)31-23)28-22(30)25-27-17-8-4-6-10-19(17)32-25;/h3-10,14H,11-13H2,1-2H3,(H,28,30);1H. The zero-order valence-electron chi connectivity index (χ0n) is 18.7. The largest absolute Gasteiger partial charge is 0.311 e. The maximum absolute atomic E-state index is 13.2. The third-order valence-corrected chi connectivity index (χ3v) is 9.26. The highest BCUT2D eigenvalue weighted by Crippen LogP contribution is 2.46. The van der Waals surface area contributed by atoms with Crippen molar-refractivity contribution < 1.29 is 4.79 Å². The van der Waals surface area contributed by atoms with Crippen LogP contribution in [0.2, 0.25) is 0 Å². The molecule has 1 aliphatic rings. The fraction of sp³-hybridized carbons (Fsp3) is 0.240. The third kappa shape index (κ3) is 4.14. The maximum atomic E-state index is 13.2. The number of rotatable bonds is 4. The predicted molar refractivity (Wildman–Crippen MR) is 147 cm³/mol. The Morgan fingerprint density at radius 2 is 1.65 bits per heavy atom. The maximum Gasteiger partial charge on any atom is 0.285 e. The number of halogens is 1. The zero-order chi connectivity index (χ0) is 22.5. The topological polar surface area (TPSA) is 58.1 Å². The van der Waals surface area contributed by atoms with Crippen LogP contribution >= 0.6 is 46.4 Å². The number of nitrogens with one attached hydrogen (secondary N) is 1. The van der Waals surface area contributed by atoms with Gasteiger partial charge in [-0.25, -0.2) is 9.97 Å². The molecule has 0 bridgehead atoms. The molecule has 6 rings (SSSR count). The van der Waals surface area contributed by atoms with Crippen molar-refractivity contribution in [3.63, 3.8) is 0 Å². The second-order valence-electron chi connectivity index (χ2n) is 8.45. The quantitative estimate of drug-likeness (QED) is 0.272. The van der Waals surface area contributed by atoms with Crippen LogP contribution in [0.25, 0.3) is 31.0 Å². The number of carbonyl (C=O) groups excluding carboxylic acids is 1. The molecule has 4 heterocycles. The van der Waals surface area contributed by atoms with Crippen molar-refractivity contribution >= 4 is 77.8 Å². The molecule has 1 N–H and O–H groups in total. The molecule has 1 aliphatic heterocycles. The van der Waals surface area contributed by atoms with E-state index in [0.717, 1.165) is 55.5 Å². The van der Waals surface area contributed by atoms with Crippen LogP contribution < -0.4 is 5.32 Å². The number of aromatic nitrogens is 2. The molecular weight excluding hydrogens is 504 g/mol. The van der Waals surface area contributed by atoms with Gasteiger partial charge in [0.2, 0.25) is 0 Å². The molecule has 0 spiro atoms. The minimum Gasteiger partial charge on any atom is -0.311 e. The van der Waals surface area contributed by atoms with Crippen LogP contribution in [0.3, 0.4) is 0 Å². The number of hydrogen-bond acceptors (Lipinski definition) is 7. The molecule has 0 unspecified atom stereocenters. The number of fused-ring (bicyclic) bond motifs is 3. The summed E-state index contributed by atoms with van der Waals surface area (Å²) in [5, 5.41) is 5.56. The van der Waals surface area contributed by atoms with Crippen LogP contribution in [0.4, 0.5) is 5.00 Å². The highest BCUT2D eigenvalue weighted by molar-refractivity contribution is 7.23. The second kappa shape index (κ2) is 9.36. The minimum absolute atomic E-state index is 0. The van der Waals surface area contributed by atoms with Crippen LogP contribution in [0.5, 0.6) is 0 Å². The van der Waals surface area contributed by atoms with E-state index in [0.29, 0.717) is 11.0 Å². The van der Waals surface area contributed by atoms with Crippen LogP contribution in [0, 0.1) is 0 Å². The fourth-order valence-electron chi connectivity index (χ4n) is 4.28. The Morgan fingerprint density at radius 3 is 2.32 bits per heavy atom. The number of thiophene rings is 1. The summed E-state index contributed by atoms with van der Waals surface area (Å²) in [6.07, 6.45) is 0.965. The number of amides is 1. The van der Waals surface area contributed by atoms with E-state index >= 15 is 0 Å². The molecule has 0 atom stereocenters. The van der Waals surface area contributed by atoms with Crippen LogP contribution in [0.1, 0.15) is 34.1 Å². The molecule has 0 saturated carbocycles. The zero-order valence-corrected chi connectivity index (χ0v) is 22.0. The normalized spacial score (nSPS) is 13.9. The van der Waals surface area contributed by atoms with Crippen LogP contribution in [-0.2, 0) is 13.0 Å². The average Bonchev–Trinajstić information content (AvgIpc) is 3.52. The highest BCUT2D eigenvalue weighted by atomic mass is 35.5. The SMILES string of the molecule is CC(C)N1CCc2c(sc(NC(=O)c3nc4ccccc4s3)c2-c2nc3ccccc3s2)C1.Cl. The number of hydrogen-bond donors (Lipinski definition) is 1. The van der Waals surface area contributed by atoms with Crippen molar-refractivity contribution in [2.24, 2.45) is 0 Å². The number of nitrogens with zero attached hydrogens (tertiary/aromatic N) is 3. The summed E-state index contributed by atoms with van der Waals surface area (Å²) in [5.41, 5.74) is 4.28. The number of benzene rings is 2. The van der Waals surface area contributed by atoms with Gasteiger partial charge < -0.3 is 5.32 Å². The molecule has 5 aromatic rings. The van der Waals surface area contributed by atoms with E-state index in [1.807, 2.05) is 42.5 Å². The first kappa shape index (κ1) is 23.4. The average molecular weight is 527 g/mol. The Hall–Kier alpha value is -2.36. The summed E-state index contributed by atoms with van der Waals surface area (Å²) in [7, 11) is 0. The Bertz CT molecular complexity index is 1440. The first-order valence-corrected chi connectivity index (χ1v) is 13.4. The first-order valence-electron chi connectivity index (χ1n) is 11.0. The van der Waals surface area contributed by atoms with Gasteiger partial charge in [0.1, 0.15) is 10.0 Å². The predicted octanol–water partition coefficient (Wildman–Crippen LogP) is 7.08. The van der Waals surface area contributed by atoms with Crippen LogP contribution in [-0.4, -0.2) is 33.4 Å². The fourth-order valence-corrected chi connectivity index (χ4v) is 7.52. The molecule has 3 aromatic heterocycles. The van der Waals surface area contributed by atoms with E-state index in [9.17, 15) is 4.79 Å². The molecular formula is C25H23ClN4OS3. The van der Waals surface area contributed by atoms with Gasteiger partial charge in [-0.15, -0.1) is 46.4 Å². The molecule has 0 fully saturated rings. The van der Waals surface area contributed by atoms with Gasteiger partial charge in [-0.3, -0.25) is 9.69 Å². The minimum atomic E-state index is -0.155. The Balaban J connectivity index is 0.00000241. The molecule has 2 aromatic carbocycles. The number of anilines is 1. The van der Waals surface area contributed by atoms with Crippen molar-refractivity contribution in [3.05, 3.63) is 64.0 Å². The van der Waals surface area contributed by atoms with E-state index in [4.69, 9.17) is 4.98 Å². The van der Waals surface area contributed by atoms with Crippen molar-refractivity contribution in [2.75, 3.05) is 11.9 Å². The summed E-state index contributed by atoms with van der Waals surface area (Å²) in [6.45, 7) is 6.41. The number of thiazole rings is 2. The Labute approximate surface area is 215 Å². The van der Waals surface area contributed by atoms with Gasteiger partial charge in [-0.2, -0.15) is 0 Å². The van der Waals surface area contributed by atoms with E-state index in [2.05, 4.69) is 35.1 Å². The van der Waals surface area contributed by atoms with Gasteiger partial charge in [-0.05, 0) is 50.1 Å². The van der Waals surface area contributed by atoms with Crippen molar-refractivity contribution in [3.8, 4) is 10.6 Å². The first-order chi connectivity index (χ1) is 16.1. The molecule has 9 heteroatoms. The summed E-state index contributed by atoms with van der Waals surface area (Å²) >= 11 is 4.81. The molecule has 0 saturated heterocycles. The smallest absolute Gasteiger partial charge is 0.285 e. The summed E-state index contributed by atoms with van der Waals surface area (Å²) < 4.78 is 2.18. The second-order valence-corrected chi connectivity index (χ2v) is 11.6. The van der Waals surface area contributed by atoms with E-state index in [-0.39, 0.29) is 18.3 Å². The van der Waals surface area contributed by atoms with Crippen molar-refractivity contribution in [1.29, 1.82) is 0 Å². The number of para-hydroxylation sites is 2. The van der Waals surface area contributed by atoms with E-state index < -0.39 is 0 Å². The highest BCUT2D eigenvalue weighted by Gasteiger charge is 2.29. The van der Waals surface area contributed by atoms with Crippen molar-refractivity contribution in [2.45, 2.75) is 32.9 Å². The summed E-state index contributed by atoms with van der Waals surface area (Å²) in [6, 6.07) is 16.6. The molecule has 0 aliphatic carbocycles. The lowest BCUT2D eigenvalue weighted by atomic mass is 10.0. The van der Waals surface area contributed by atoms with Gasteiger partial charge in [0.25, 0.3) is 5.91 Å². The number of carbonyl (C=O) groups is 1. The Kier molecular flexibility index (Phi) is 6.43. The monoisotopic (exact) mass is 526 g/mol. The molecule has 34 heavy (non-hydrogen) atoms. The molecule has 5 nitrogen and oxygen atoms in total. The lowest BCUT2D eigenvalue weighted by molar-refractivity contribution is 0.102. The van der Waals surface area contributed by atoms with Gasteiger partial charge in [0.05, 0.1) is 20.4 Å². The van der Waals surface area contributed by atoms with Gasteiger partial charge in [0.15, 0.2) is 5.01 Å². The van der Waals surface area contributed by atoms with Crippen LogP contribution in [0.15, 0.2) is 48.5 Å². The van der Waals surface area contributed by atoms with Gasteiger partial charge in [0, 0.05) is 29.6 Å². The summed E-state index contributed by atoms with van der Waals surface area (Å²) in [4.78, 5) is 26.5. The summed E-state index contributed by atoms with van der Waals surface area (Å²) in [5.74, 6) is -0.155. The lowest BCUT2D eigenvalue weighted by Gasteiger charge is -2.30. The van der Waals surface area contributed by atoms with Gasteiger partial charge >= 0.3 is 0 Å². The van der Waals surface area contributed by atoms with Gasteiger partial charge in [-0.1, -0.05) is 24.3 Å². The lowest BCUT2D eigenvalue weighted by Crippen LogP contribution is -2.35. The van der Waals surface area contributed by atoms with E-state index in [1.54, 1.807) is 22.7 Å². The molecule has 1 amide bonds. The third-order valence-electron chi connectivity index (χ3n) is 6.04. The van der Waals surface area contributed by atoms with E-state index in [1.165, 1.54) is 21.8 Å². The Morgan fingerprint density at radius 1 is 0.971 bits per heavy atom. The van der Waals surface area contributed by atoms with Crippen molar-refractivity contribution in [1.82, 2.24) is 14.9 Å².